The van der Waals surface area contributed by atoms with Gasteiger partial charge in [-0.05, 0) is 49.1 Å². The van der Waals surface area contributed by atoms with Gasteiger partial charge >= 0.3 is 0 Å². The molecule has 1 heterocycles. The van der Waals surface area contributed by atoms with E-state index in [2.05, 4.69) is 52.1 Å². The van der Waals surface area contributed by atoms with Crippen molar-refractivity contribution in [2.75, 3.05) is 31.6 Å². The minimum atomic E-state index is 0. The van der Waals surface area contributed by atoms with Crippen LogP contribution >= 0.6 is 24.0 Å². The molecule has 0 aromatic heterocycles. The Bertz CT molecular complexity index is 812. The molecule has 29 heavy (non-hydrogen) atoms. The van der Waals surface area contributed by atoms with E-state index in [1.807, 2.05) is 24.3 Å². The molecule has 0 fully saturated rings. The third-order valence-electron chi connectivity index (χ3n) is 4.49. The SMILES string of the molecule is CCNC(=NCCc1ccccc1)NCCOc1ccc2c(c1)CCC(=O)N2.I. The summed E-state index contributed by atoms with van der Waals surface area (Å²) in [4.78, 5) is 16.0. The third-order valence-corrected chi connectivity index (χ3v) is 4.49. The van der Waals surface area contributed by atoms with Gasteiger partial charge in [0, 0.05) is 25.2 Å². The van der Waals surface area contributed by atoms with Gasteiger partial charge in [0.25, 0.3) is 0 Å². The second-order valence-electron chi connectivity index (χ2n) is 6.64. The number of halogens is 1. The molecule has 3 N–H and O–H groups in total. The molecule has 1 aliphatic heterocycles. The third kappa shape index (κ3) is 7.56. The average molecular weight is 508 g/mol. The lowest BCUT2D eigenvalue weighted by Crippen LogP contribution is -2.39. The fourth-order valence-electron chi connectivity index (χ4n) is 3.07. The van der Waals surface area contributed by atoms with Crippen molar-refractivity contribution in [3.63, 3.8) is 0 Å². The van der Waals surface area contributed by atoms with Crippen LogP contribution in [0.2, 0.25) is 0 Å². The maximum absolute atomic E-state index is 11.4. The van der Waals surface area contributed by atoms with Crippen LogP contribution in [0.5, 0.6) is 5.75 Å². The fraction of sp³-hybridized carbons (Fsp3) is 0.364. The van der Waals surface area contributed by atoms with Crippen LogP contribution in [0.4, 0.5) is 5.69 Å². The molecule has 0 atom stereocenters. The van der Waals surface area contributed by atoms with Crippen LogP contribution in [0.25, 0.3) is 0 Å². The molecule has 0 radical (unpaired) electrons. The van der Waals surface area contributed by atoms with Gasteiger partial charge in [0.1, 0.15) is 12.4 Å². The van der Waals surface area contributed by atoms with Crippen LogP contribution in [-0.2, 0) is 17.6 Å². The van der Waals surface area contributed by atoms with E-state index in [-0.39, 0.29) is 29.9 Å². The Hall–Kier alpha value is -2.29. The number of carbonyl (C=O) groups is 1. The second-order valence-corrected chi connectivity index (χ2v) is 6.64. The van der Waals surface area contributed by atoms with Crippen LogP contribution in [0.1, 0.15) is 24.5 Å². The molecule has 2 aromatic rings. The lowest BCUT2D eigenvalue weighted by Gasteiger charge is -2.18. The van der Waals surface area contributed by atoms with Crippen molar-refractivity contribution >= 4 is 41.5 Å². The predicted octanol–water partition coefficient (Wildman–Crippen LogP) is 3.37. The molecular formula is C22H29IN4O2. The van der Waals surface area contributed by atoms with Gasteiger partial charge in [-0.2, -0.15) is 0 Å². The standard InChI is InChI=1S/C22H28N4O2.HI/c1-2-23-22(24-13-12-17-6-4-3-5-7-17)25-14-15-28-19-9-10-20-18(16-19)8-11-21(27)26-20;/h3-7,9-10,16H,2,8,11-15H2,1H3,(H,26,27)(H2,23,24,25);1H. The van der Waals surface area contributed by atoms with Gasteiger partial charge in [0.05, 0.1) is 6.54 Å². The monoisotopic (exact) mass is 508 g/mol. The number of fused-ring (bicyclic) bond motifs is 1. The van der Waals surface area contributed by atoms with Crippen LogP contribution < -0.4 is 20.7 Å². The Balaban J connectivity index is 0.00000300. The fourth-order valence-corrected chi connectivity index (χ4v) is 3.07. The van der Waals surface area contributed by atoms with E-state index in [4.69, 9.17) is 4.74 Å². The second kappa shape index (κ2) is 12.3. The number of carbonyl (C=O) groups excluding carboxylic acids is 1. The number of hydrogen-bond acceptors (Lipinski definition) is 3. The average Bonchev–Trinajstić information content (AvgIpc) is 2.72. The molecule has 0 saturated carbocycles. The van der Waals surface area contributed by atoms with Crippen LogP contribution in [0.15, 0.2) is 53.5 Å². The van der Waals surface area contributed by atoms with Gasteiger partial charge in [-0.15, -0.1) is 24.0 Å². The van der Waals surface area contributed by atoms with E-state index in [0.717, 1.165) is 48.9 Å². The van der Waals surface area contributed by atoms with E-state index in [1.165, 1.54) is 5.56 Å². The summed E-state index contributed by atoms with van der Waals surface area (Å²) >= 11 is 0. The summed E-state index contributed by atoms with van der Waals surface area (Å²) in [6.07, 6.45) is 2.21. The first-order valence-electron chi connectivity index (χ1n) is 9.86. The number of anilines is 1. The van der Waals surface area contributed by atoms with Gasteiger partial charge in [-0.1, -0.05) is 30.3 Å². The Labute approximate surface area is 189 Å². The zero-order valence-electron chi connectivity index (χ0n) is 16.7. The minimum Gasteiger partial charge on any atom is -0.492 e. The summed E-state index contributed by atoms with van der Waals surface area (Å²) in [5.41, 5.74) is 3.30. The number of ether oxygens (including phenoxy) is 1. The largest absolute Gasteiger partial charge is 0.492 e. The molecule has 2 aromatic carbocycles. The first-order valence-corrected chi connectivity index (χ1v) is 9.86. The van der Waals surface area contributed by atoms with Crippen molar-refractivity contribution in [1.29, 1.82) is 0 Å². The molecule has 1 amide bonds. The van der Waals surface area contributed by atoms with Crippen LogP contribution in [0.3, 0.4) is 0 Å². The highest BCUT2D eigenvalue weighted by Crippen LogP contribution is 2.26. The number of aliphatic imine (C=N–C) groups is 1. The number of aryl methyl sites for hydroxylation is 1. The van der Waals surface area contributed by atoms with Crippen molar-refractivity contribution < 1.29 is 9.53 Å². The van der Waals surface area contributed by atoms with E-state index in [0.29, 0.717) is 19.6 Å². The number of hydrogen-bond donors (Lipinski definition) is 3. The Morgan fingerprint density at radius 1 is 1.14 bits per heavy atom. The quantitative estimate of drug-likeness (QED) is 0.221. The number of nitrogens with zero attached hydrogens (tertiary/aromatic N) is 1. The van der Waals surface area contributed by atoms with Crippen molar-refractivity contribution in [2.45, 2.75) is 26.2 Å². The summed E-state index contributed by atoms with van der Waals surface area (Å²) in [5.74, 6) is 1.70. The van der Waals surface area contributed by atoms with E-state index in [9.17, 15) is 4.79 Å². The minimum absolute atomic E-state index is 0. The first kappa shape index (κ1) is 23.0. The first-order chi connectivity index (χ1) is 13.7. The summed E-state index contributed by atoms with van der Waals surface area (Å²) in [7, 11) is 0. The Morgan fingerprint density at radius 2 is 1.97 bits per heavy atom. The lowest BCUT2D eigenvalue weighted by atomic mass is 10.0. The number of rotatable bonds is 8. The molecule has 156 valence electrons. The summed E-state index contributed by atoms with van der Waals surface area (Å²) < 4.78 is 5.84. The normalized spacial score (nSPS) is 13.0. The van der Waals surface area contributed by atoms with E-state index >= 15 is 0 Å². The van der Waals surface area contributed by atoms with Gasteiger partial charge in [0.2, 0.25) is 5.91 Å². The summed E-state index contributed by atoms with van der Waals surface area (Å²) in [6.45, 7) is 4.79. The van der Waals surface area contributed by atoms with Gasteiger partial charge < -0.3 is 20.7 Å². The zero-order valence-corrected chi connectivity index (χ0v) is 19.1. The molecule has 0 unspecified atom stereocenters. The van der Waals surface area contributed by atoms with Crippen LogP contribution in [-0.4, -0.2) is 38.1 Å². The predicted molar refractivity (Wildman–Crippen MR) is 128 cm³/mol. The van der Waals surface area contributed by atoms with E-state index < -0.39 is 0 Å². The molecule has 0 bridgehead atoms. The van der Waals surface area contributed by atoms with E-state index in [1.54, 1.807) is 0 Å². The van der Waals surface area contributed by atoms with Crippen molar-refractivity contribution in [3.8, 4) is 5.75 Å². The van der Waals surface area contributed by atoms with Gasteiger partial charge in [0.15, 0.2) is 5.96 Å². The molecule has 3 rings (SSSR count). The highest BCUT2D eigenvalue weighted by molar-refractivity contribution is 14.0. The number of amides is 1. The summed E-state index contributed by atoms with van der Waals surface area (Å²) in [6, 6.07) is 16.2. The Morgan fingerprint density at radius 3 is 2.76 bits per heavy atom. The maximum atomic E-state index is 11.4. The number of nitrogens with one attached hydrogen (secondary N) is 3. The molecule has 0 spiro atoms. The van der Waals surface area contributed by atoms with Crippen molar-refractivity contribution in [2.24, 2.45) is 4.99 Å². The number of guanidine groups is 1. The molecule has 7 heteroatoms. The number of benzene rings is 2. The molecular weight excluding hydrogens is 479 g/mol. The highest BCUT2D eigenvalue weighted by Gasteiger charge is 2.14. The van der Waals surface area contributed by atoms with Gasteiger partial charge in [-0.3, -0.25) is 9.79 Å². The maximum Gasteiger partial charge on any atom is 0.224 e. The molecule has 0 saturated heterocycles. The Kier molecular flexibility index (Phi) is 9.76. The van der Waals surface area contributed by atoms with Crippen molar-refractivity contribution in [3.05, 3.63) is 59.7 Å². The summed E-state index contributed by atoms with van der Waals surface area (Å²) in [5, 5.41) is 9.44. The molecule has 1 aliphatic rings. The molecule has 6 nitrogen and oxygen atoms in total. The zero-order chi connectivity index (χ0) is 19.6. The highest BCUT2D eigenvalue weighted by atomic mass is 127. The van der Waals surface area contributed by atoms with Crippen molar-refractivity contribution in [1.82, 2.24) is 10.6 Å². The van der Waals surface area contributed by atoms with Gasteiger partial charge in [-0.25, -0.2) is 0 Å². The topological polar surface area (TPSA) is 74.8 Å². The smallest absolute Gasteiger partial charge is 0.224 e. The molecule has 0 aliphatic carbocycles. The van der Waals surface area contributed by atoms with Crippen LogP contribution in [0, 0.1) is 0 Å². The lowest BCUT2D eigenvalue weighted by molar-refractivity contribution is -0.116.